The van der Waals surface area contributed by atoms with Crippen LogP contribution in [0.1, 0.15) is 23.7 Å². The van der Waals surface area contributed by atoms with Crippen molar-refractivity contribution in [1.29, 1.82) is 0 Å². The van der Waals surface area contributed by atoms with E-state index in [9.17, 15) is 14.4 Å². The summed E-state index contributed by atoms with van der Waals surface area (Å²) in [5, 5.41) is 0.397. The lowest BCUT2D eigenvalue weighted by molar-refractivity contribution is -0.190. The molecule has 100 valence electrons. The molecule has 0 radical (unpaired) electrons. The fraction of sp³-hybridized carbons (Fsp3) is 0.308. The number of thioether (sulfide) groups is 1. The van der Waals surface area contributed by atoms with Crippen LogP contribution in [0.4, 0.5) is 0 Å². The van der Waals surface area contributed by atoms with Crippen LogP contribution < -0.4 is 0 Å². The molecule has 6 heteroatoms. The third-order valence-electron chi connectivity index (χ3n) is 2.61. The molecular weight excluding hydrogens is 266 g/mol. The Morgan fingerprint density at radius 1 is 1.32 bits per heavy atom. The van der Waals surface area contributed by atoms with Gasteiger partial charge in [0, 0.05) is 12.5 Å². The van der Waals surface area contributed by atoms with Crippen LogP contribution in [0.5, 0.6) is 0 Å². The maximum atomic E-state index is 12.0. The first-order valence-corrected chi connectivity index (χ1v) is 6.72. The van der Waals surface area contributed by atoms with Crippen LogP contribution in [0.15, 0.2) is 30.3 Å². The number of rotatable bonds is 3. The third kappa shape index (κ3) is 3.35. The quantitative estimate of drug-likeness (QED) is 0.841. The molecule has 0 N–H and O–H groups in total. The highest BCUT2D eigenvalue weighted by Crippen LogP contribution is 2.27. The van der Waals surface area contributed by atoms with Gasteiger partial charge in [-0.15, -0.1) is 0 Å². The largest absolute Gasteiger partial charge is 0.338 e. The van der Waals surface area contributed by atoms with Gasteiger partial charge in [0.05, 0.1) is 11.8 Å². The molecular formula is C13H13NO4S. The van der Waals surface area contributed by atoms with Crippen molar-refractivity contribution in [2.75, 3.05) is 6.54 Å². The van der Waals surface area contributed by atoms with Gasteiger partial charge in [0.2, 0.25) is 5.12 Å². The van der Waals surface area contributed by atoms with Crippen molar-refractivity contribution in [2.24, 2.45) is 0 Å². The molecule has 5 nitrogen and oxygen atoms in total. The first-order chi connectivity index (χ1) is 9.08. The van der Waals surface area contributed by atoms with E-state index in [0.717, 1.165) is 16.8 Å². The number of hydroxylamine groups is 2. The minimum Gasteiger partial charge on any atom is -0.338 e. The van der Waals surface area contributed by atoms with Crippen LogP contribution in [-0.2, 0) is 14.4 Å². The fourth-order valence-electron chi connectivity index (χ4n) is 1.76. The predicted molar refractivity (Wildman–Crippen MR) is 70.2 cm³/mol. The number of carbonyl (C=O) groups is 3. The van der Waals surface area contributed by atoms with Gasteiger partial charge in [-0.05, 0) is 6.42 Å². The van der Waals surface area contributed by atoms with E-state index in [1.165, 1.54) is 6.92 Å². The molecule has 0 aromatic heterocycles. The maximum absolute atomic E-state index is 12.0. The van der Waals surface area contributed by atoms with Crippen LogP contribution in [0, 0.1) is 0 Å². The van der Waals surface area contributed by atoms with E-state index in [2.05, 4.69) is 0 Å². The second kappa shape index (κ2) is 5.88. The van der Waals surface area contributed by atoms with Gasteiger partial charge in [-0.25, -0.2) is 0 Å². The van der Waals surface area contributed by atoms with Gasteiger partial charge in [-0.3, -0.25) is 14.4 Å². The lowest BCUT2D eigenvalue weighted by Gasteiger charge is -2.13. The molecule has 1 aliphatic heterocycles. The molecule has 19 heavy (non-hydrogen) atoms. The molecule has 1 fully saturated rings. The Hall–Kier alpha value is -1.82. The summed E-state index contributed by atoms with van der Waals surface area (Å²) >= 11 is 0.978. The highest BCUT2D eigenvalue weighted by Gasteiger charge is 2.36. The van der Waals surface area contributed by atoms with Gasteiger partial charge < -0.3 is 4.84 Å². The summed E-state index contributed by atoms with van der Waals surface area (Å²) in [6.07, 6.45) is 0.495. The van der Waals surface area contributed by atoms with Crippen molar-refractivity contribution in [2.45, 2.75) is 18.6 Å². The maximum Gasteiger partial charge on any atom is 0.329 e. The van der Waals surface area contributed by atoms with Crippen molar-refractivity contribution in [3.05, 3.63) is 35.9 Å². The van der Waals surface area contributed by atoms with Crippen molar-refractivity contribution in [3.63, 3.8) is 0 Å². The second-order valence-electron chi connectivity index (χ2n) is 4.07. The highest BCUT2D eigenvalue weighted by atomic mass is 32.2. The average Bonchev–Trinajstić information content (AvgIpc) is 2.72. The van der Waals surface area contributed by atoms with Gasteiger partial charge in [-0.1, -0.05) is 42.1 Å². The Kier molecular flexibility index (Phi) is 4.21. The minimum atomic E-state index is -0.534. The summed E-state index contributed by atoms with van der Waals surface area (Å²) in [6.45, 7) is 1.57. The first kappa shape index (κ1) is 13.6. The number of amides is 1. The minimum absolute atomic E-state index is 0.149. The number of benzene rings is 1. The molecule has 1 unspecified atom stereocenters. The molecule has 0 aliphatic carbocycles. The molecule has 1 aromatic rings. The van der Waals surface area contributed by atoms with Crippen molar-refractivity contribution in [1.82, 2.24) is 5.06 Å². The summed E-state index contributed by atoms with van der Waals surface area (Å²) in [7, 11) is 0. The Balaban J connectivity index is 1.96. The molecule has 1 aliphatic rings. The summed E-state index contributed by atoms with van der Waals surface area (Å²) in [6, 6.07) is 8.78. The normalized spacial score (nSPS) is 18.5. The van der Waals surface area contributed by atoms with E-state index < -0.39 is 11.2 Å². The number of hydrogen-bond donors (Lipinski definition) is 0. The van der Waals surface area contributed by atoms with Crippen LogP contribution in [0.3, 0.4) is 0 Å². The zero-order valence-corrected chi connectivity index (χ0v) is 11.2. The van der Waals surface area contributed by atoms with Gasteiger partial charge >= 0.3 is 5.97 Å². The summed E-state index contributed by atoms with van der Waals surface area (Å²) in [5.74, 6) is -0.863. The van der Waals surface area contributed by atoms with Gasteiger partial charge in [0.15, 0.2) is 0 Å². The molecule has 1 heterocycles. The summed E-state index contributed by atoms with van der Waals surface area (Å²) in [5.41, 5.74) is 0.561. The lowest BCUT2D eigenvalue weighted by Crippen LogP contribution is -2.30. The van der Waals surface area contributed by atoms with E-state index in [0.29, 0.717) is 18.5 Å². The van der Waals surface area contributed by atoms with Gasteiger partial charge in [0.25, 0.3) is 5.91 Å². The van der Waals surface area contributed by atoms with Crippen LogP contribution in [0.25, 0.3) is 0 Å². The molecule has 1 amide bonds. The third-order valence-corrected chi connectivity index (χ3v) is 3.78. The first-order valence-electron chi connectivity index (χ1n) is 5.84. The van der Waals surface area contributed by atoms with Crippen molar-refractivity contribution >= 4 is 28.8 Å². The summed E-state index contributed by atoms with van der Waals surface area (Å²) in [4.78, 5) is 39.4. The number of nitrogens with zero attached hydrogens (tertiary/aromatic N) is 1. The number of carbonyl (C=O) groups excluding carboxylic acids is 3. The molecule has 1 saturated heterocycles. The van der Waals surface area contributed by atoms with E-state index in [-0.39, 0.29) is 11.0 Å². The molecule has 0 spiro atoms. The predicted octanol–water partition coefficient (Wildman–Crippen LogP) is 1.64. The van der Waals surface area contributed by atoms with Gasteiger partial charge in [-0.2, -0.15) is 5.06 Å². The zero-order valence-electron chi connectivity index (χ0n) is 10.4. The second-order valence-corrected chi connectivity index (χ2v) is 5.25. The topological polar surface area (TPSA) is 63.7 Å². The Morgan fingerprint density at radius 3 is 2.63 bits per heavy atom. The van der Waals surface area contributed by atoms with E-state index >= 15 is 0 Å². The number of hydrogen-bond acceptors (Lipinski definition) is 5. The molecule has 1 aromatic carbocycles. The average molecular weight is 279 g/mol. The highest BCUT2D eigenvalue weighted by molar-refractivity contribution is 8.15. The monoisotopic (exact) mass is 279 g/mol. The fourth-order valence-corrected chi connectivity index (χ4v) is 2.73. The Bertz CT molecular complexity index is 503. The SMILES string of the molecule is CC(=O)ON1CCC(SC(=O)c2ccccc2)C1=O. The Labute approximate surface area is 114 Å². The Morgan fingerprint density at radius 2 is 2.00 bits per heavy atom. The van der Waals surface area contributed by atoms with Crippen molar-refractivity contribution in [3.8, 4) is 0 Å². The molecule has 0 saturated carbocycles. The summed E-state index contributed by atoms with van der Waals surface area (Å²) < 4.78 is 0. The molecule has 2 rings (SSSR count). The van der Waals surface area contributed by atoms with Crippen LogP contribution >= 0.6 is 11.8 Å². The van der Waals surface area contributed by atoms with E-state index in [4.69, 9.17) is 4.84 Å². The smallest absolute Gasteiger partial charge is 0.329 e. The van der Waals surface area contributed by atoms with Gasteiger partial charge in [0.1, 0.15) is 0 Å². The van der Waals surface area contributed by atoms with Crippen LogP contribution in [0.2, 0.25) is 0 Å². The van der Waals surface area contributed by atoms with E-state index in [1.54, 1.807) is 24.3 Å². The zero-order chi connectivity index (χ0) is 13.8. The van der Waals surface area contributed by atoms with E-state index in [1.807, 2.05) is 6.07 Å². The molecule has 1 atom stereocenters. The molecule has 0 bridgehead atoms. The van der Waals surface area contributed by atoms with Crippen molar-refractivity contribution < 1.29 is 19.2 Å². The van der Waals surface area contributed by atoms with Crippen LogP contribution in [-0.4, -0.2) is 33.8 Å². The standard InChI is InChI=1S/C13H13NO4S/c1-9(15)18-14-8-7-11(12(14)16)19-13(17)10-5-3-2-4-6-10/h2-6,11H,7-8H2,1H3. The lowest BCUT2D eigenvalue weighted by atomic mass is 10.2.